The van der Waals surface area contributed by atoms with Crippen LogP contribution in [0.25, 0.3) is 11.6 Å². The lowest BCUT2D eigenvalue weighted by atomic mass is 9.65. The third kappa shape index (κ3) is 4.72. The maximum absolute atomic E-state index is 13.7. The molecule has 4 aliphatic carbocycles. The second-order valence-corrected chi connectivity index (χ2v) is 11.5. The van der Waals surface area contributed by atoms with Gasteiger partial charge in [-0.15, -0.1) is 0 Å². The molecular formula is C31H34ClNO4. The van der Waals surface area contributed by atoms with Crippen LogP contribution in [0.3, 0.4) is 0 Å². The minimum absolute atomic E-state index is 0.0899. The predicted octanol–water partition coefficient (Wildman–Crippen LogP) is 6.30. The van der Waals surface area contributed by atoms with Crippen molar-refractivity contribution in [2.75, 3.05) is 26.3 Å². The van der Waals surface area contributed by atoms with Gasteiger partial charge in [-0.2, -0.15) is 0 Å². The van der Waals surface area contributed by atoms with Crippen LogP contribution >= 0.6 is 11.6 Å². The van der Waals surface area contributed by atoms with E-state index in [1.54, 1.807) is 0 Å². The number of halogens is 1. The number of hydrogen-bond donors (Lipinski definition) is 1. The van der Waals surface area contributed by atoms with Crippen LogP contribution in [-0.2, 0) is 14.3 Å². The monoisotopic (exact) mass is 519 g/mol. The lowest BCUT2D eigenvalue weighted by molar-refractivity contribution is -0.140. The number of carbonyl (C=O) groups is 2. The van der Waals surface area contributed by atoms with Crippen LogP contribution in [0, 0.1) is 17.8 Å². The molecule has 1 saturated carbocycles. The molecule has 37 heavy (non-hydrogen) atoms. The molecule has 2 atom stereocenters. The molecule has 0 radical (unpaired) electrons. The first-order chi connectivity index (χ1) is 18.0. The number of carboxylic acids is 1. The molecule has 5 aliphatic rings. The fourth-order valence-corrected chi connectivity index (χ4v) is 7.20. The van der Waals surface area contributed by atoms with Crippen molar-refractivity contribution in [1.29, 1.82) is 0 Å². The van der Waals surface area contributed by atoms with Gasteiger partial charge in [0.1, 0.15) is 0 Å². The smallest absolute Gasteiger partial charge is 0.310 e. The molecule has 1 N–H and O–H groups in total. The van der Waals surface area contributed by atoms with Gasteiger partial charge in [-0.3, -0.25) is 9.59 Å². The van der Waals surface area contributed by atoms with E-state index < -0.39 is 11.9 Å². The molecule has 1 aromatic carbocycles. The van der Waals surface area contributed by atoms with Gasteiger partial charge in [0.05, 0.1) is 19.1 Å². The summed E-state index contributed by atoms with van der Waals surface area (Å²) in [5.74, 6) is -0.593. The number of allylic oxidation sites excluding steroid dienone is 5. The summed E-state index contributed by atoms with van der Waals surface area (Å²) in [5, 5.41) is 10.5. The van der Waals surface area contributed by atoms with Gasteiger partial charge in [-0.05, 0) is 95.6 Å². The number of aliphatic carboxylic acids is 1. The van der Waals surface area contributed by atoms with Crippen molar-refractivity contribution in [2.24, 2.45) is 17.8 Å². The fraction of sp³-hybridized carbons (Fsp3) is 0.484. The molecule has 0 aromatic heterocycles. The Bertz CT molecular complexity index is 1240. The van der Waals surface area contributed by atoms with Gasteiger partial charge >= 0.3 is 5.97 Å². The molecule has 0 bridgehead atoms. The zero-order valence-electron chi connectivity index (χ0n) is 21.2. The number of fused-ring (bicyclic) bond motifs is 4. The molecule has 5 nitrogen and oxygen atoms in total. The predicted molar refractivity (Wildman–Crippen MR) is 145 cm³/mol. The average Bonchev–Trinajstić information content (AvgIpc) is 3.08. The van der Waals surface area contributed by atoms with Gasteiger partial charge in [0.25, 0.3) is 0 Å². The number of amides is 1. The van der Waals surface area contributed by atoms with Gasteiger partial charge in [-0.25, -0.2) is 0 Å². The second kappa shape index (κ2) is 10.3. The minimum atomic E-state index is -0.766. The van der Waals surface area contributed by atoms with E-state index in [2.05, 4.69) is 24.3 Å². The highest BCUT2D eigenvalue weighted by Gasteiger charge is 2.39. The van der Waals surface area contributed by atoms with Crippen LogP contribution < -0.4 is 0 Å². The summed E-state index contributed by atoms with van der Waals surface area (Å²) < 4.78 is 5.49. The van der Waals surface area contributed by atoms with Crippen molar-refractivity contribution in [1.82, 2.24) is 4.90 Å². The SMILES string of the molecule is O=C(O)C1C=C2CC3CC(C(=O)N4CCOCC4)=Cc4ccc(Cl)cc4C3=C(C3CCCCC3)C2=CC1. The third-order valence-electron chi connectivity index (χ3n) is 8.78. The highest BCUT2D eigenvalue weighted by Crippen LogP contribution is 2.53. The van der Waals surface area contributed by atoms with Crippen LogP contribution in [0.15, 0.2) is 52.6 Å². The van der Waals surface area contributed by atoms with Crippen molar-refractivity contribution in [2.45, 2.75) is 51.4 Å². The van der Waals surface area contributed by atoms with E-state index in [-0.39, 0.29) is 11.8 Å². The molecule has 1 saturated heterocycles. The highest BCUT2D eigenvalue weighted by molar-refractivity contribution is 6.30. The molecule has 6 rings (SSSR count). The number of benzene rings is 1. The first-order valence-electron chi connectivity index (χ1n) is 13.8. The molecule has 194 valence electrons. The van der Waals surface area contributed by atoms with E-state index >= 15 is 0 Å². The Kier molecular flexibility index (Phi) is 6.85. The number of carboxylic acid groups (broad SMARTS) is 1. The Morgan fingerprint density at radius 2 is 1.78 bits per heavy atom. The quantitative estimate of drug-likeness (QED) is 0.509. The average molecular weight is 520 g/mol. The third-order valence-corrected chi connectivity index (χ3v) is 9.02. The Morgan fingerprint density at radius 3 is 2.54 bits per heavy atom. The Labute approximate surface area is 223 Å². The van der Waals surface area contributed by atoms with Gasteiger partial charge < -0.3 is 14.7 Å². The van der Waals surface area contributed by atoms with Crippen LogP contribution in [0.1, 0.15) is 62.5 Å². The van der Waals surface area contributed by atoms with E-state index in [0.29, 0.717) is 50.1 Å². The van der Waals surface area contributed by atoms with Crippen molar-refractivity contribution in [3.05, 3.63) is 68.8 Å². The Morgan fingerprint density at radius 1 is 1.00 bits per heavy atom. The molecule has 0 spiro atoms. The summed E-state index contributed by atoms with van der Waals surface area (Å²) in [7, 11) is 0. The number of morpholine rings is 1. The van der Waals surface area contributed by atoms with Crippen molar-refractivity contribution in [3.8, 4) is 0 Å². The number of ether oxygens (including phenoxy) is 1. The van der Waals surface area contributed by atoms with Gasteiger partial charge in [-0.1, -0.05) is 49.1 Å². The first kappa shape index (κ1) is 24.7. The molecule has 1 aromatic rings. The zero-order chi connectivity index (χ0) is 25.5. The largest absolute Gasteiger partial charge is 0.481 e. The second-order valence-electron chi connectivity index (χ2n) is 11.1. The first-order valence-corrected chi connectivity index (χ1v) is 14.1. The van der Waals surface area contributed by atoms with Crippen molar-refractivity contribution < 1.29 is 19.4 Å². The van der Waals surface area contributed by atoms with Crippen molar-refractivity contribution >= 4 is 35.1 Å². The molecule has 1 amide bonds. The van der Waals surface area contributed by atoms with E-state index in [1.165, 1.54) is 36.0 Å². The molecule has 2 unspecified atom stereocenters. The van der Waals surface area contributed by atoms with Gasteiger partial charge in [0.15, 0.2) is 0 Å². The van der Waals surface area contributed by atoms with Crippen LogP contribution in [-0.4, -0.2) is 48.2 Å². The standard InChI is InChI=1S/C31H34ClNO4/c32-25-8-6-20-14-24(30(34)33-10-12-37-13-11-33)17-23-16-22-15-21(31(35)36)7-9-26(22)28(29(23)27(20)18-25)19-4-2-1-3-5-19/h6,8-9,14-15,18-19,21,23H,1-5,7,10-13,16-17H2,(H,35,36). The number of hydrogen-bond acceptors (Lipinski definition) is 3. The van der Waals surface area contributed by atoms with Crippen LogP contribution in [0.4, 0.5) is 0 Å². The lowest BCUT2D eigenvalue weighted by Crippen LogP contribution is -2.41. The lowest BCUT2D eigenvalue weighted by Gasteiger charge is -2.39. The topological polar surface area (TPSA) is 66.8 Å². The summed E-state index contributed by atoms with van der Waals surface area (Å²) in [6.07, 6.45) is 14.2. The molecule has 2 fully saturated rings. The van der Waals surface area contributed by atoms with E-state index in [1.807, 2.05) is 17.0 Å². The number of carbonyl (C=O) groups excluding carboxylic acids is 1. The Hall–Kier alpha value is -2.63. The summed E-state index contributed by atoms with van der Waals surface area (Å²) >= 11 is 6.58. The van der Waals surface area contributed by atoms with Crippen LogP contribution in [0.2, 0.25) is 5.02 Å². The van der Waals surface area contributed by atoms with Gasteiger partial charge in [0, 0.05) is 23.7 Å². The number of rotatable bonds is 3. The summed E-state index contributed by atoms with van der Waals surface area (Å²) in [4.78, 5) is 27.5. The zero-order valence-corrected chi connectivity index (χ0v) is 21.9. The van der Waals surface area contributed by atoms with Gasteiger partial charge in [0.2, 0.25) is 5.91 Å². The van der Waals surface area contributed by atoms with Crippen LogP contribution in [0.5, 0.6) is 0 Å². The number of nitrogens with zero attached hydrogens (tertiary/aromatic N) is 1. The maximum atomic E-state index is 13.7. The summed E-state index contributed by atoms with van der Waals surface area (Å²) in [6.45, 7) is 2.37. The molecule has 1 heterocycles. The highest BCUT2D eigenvalue weighted by atomic mass is 35.5. The van der Waals surface area contributed by atoms with E-state index in [0.717, 1.165) is 41.5 Å². The maximum Gasteiger partial charge on any atom is 0.310 e. The summed E-state index contributed by atoms with van der Waals surface area (Å²) in [5.41, 5.74) is 8.15. The fourth-order valence-electron chi connectivity index (χ4n) is 7.03. The Balaban J connectivity index is 1.51. The summed E-state index contributed by atoms with van der Waals surface area (Å²) in [6, 6.07) is 6.05. The van der Waals surface area contributed by atoms with E-state index in [9.17, 15) is 14.7 Å². The molecule has 1 aliphatic heterocycles. The minimum Gasteiger partial charge on any atom is -0.481 e. The molecular weight excluding hydrogens is 486 g/mol. The molecule has 6 heteroatoms. The van der Waals surface area contributed by atoms with Crippen molar-refractivity contribution in [3.63, 3.8) is 0 Å². The van der Waals surface area contributed by atoms with E-state index in [4.69, 9.17) is 16.3 Å². The normalized spacial score (nSPS) is 26.2.